The van der Waals surface area contributed by atoms with Gasteiger partial charge in [0.2, 0.25) is 0 Å². The maximum absolute atomic E-state index is 6.34. The van der Waals surface area contributed by atoms with Gasteiger partial charge in [-0.3, -0.25) is 0 Å². The second-order valence-electron chi connectivity index (χ2n) is 5.89. The van der Waals surface area contributed by atoms with Crippen molar-refractivity contribution in [3.05, 3.63) is 65.2 Å². The molecule has 1 aromatic carbocycles. The monoisotopic (exact) mass is 365 g/mol. The van der Waals surface area contributed by atoms with Crippen LogP contribution in [0.3, 0.4) is 0 Å². The SMILES string of the molecule is COc1ccc(Cn2cnc3c(Cl)nc(-c4cccc(C)n4)nc32)cc1. The zero-order chi connectivity index (χ0) is 18.1. The molecule has 4 rings (SSSR count). The molecule has 6 nitrogen and oxygen atoms in total. The van der Waals surface area contributed by atoms with Crippen LogP contribution in [0, 0.1) is 6.92 Å². The van der Waals surface area contributed by atoms with E-state index >= 15 is 0 Å². The fraction of sp³-hybridized carbons (Fsp3) is 0.158. The molecule has 0 fully saturated rings. The summed E-state index contributed by atoms with van der Waals surface area (Å²) in [7, 11) is 1.65. The lowest BCUT2D eigenvalue weighted by Gasteiger charge is -2.07. The molecule has 4 aromatic rings. The van der Waals surface area contributed by atoms with Crippen LogP contribution in [0.4, 0.5) is 0 Å². The topological polar surface area (TPSA) is 65.7 Å². The summed E-state index contributed by atoms with van der Waals surface area (Å²) in [5.41, 5.74) is 3.95. The van der Waals surface area contributed by atoms with Crippen LogP contribution in [0.2, 0.25) is 5.15 Å². The van der Waals surface area contributed by atoms with E-state index < -0.39 is 0 Å². The number of pyridine rings is 1. The molecule has 0 saturated carbocycles. The second kappa shape index (κ2) is 6.72. The Hall–Kier alpha value is -2.99. The van der Waals surface area contributed by atoms with E-state index in [1.807, 2.05) is 54.0 Å². The number of aryl methyl sites for hydroxylation is 1. The van der Waals surface area contributed by atoms with Crippen molar-refractivity contribution >= 4 is 22.8 Å². The maximum atomic E-state index is 6.34. The number of methoxy groups -OCH3 is 1. The van der Waals surface area contributed by atoms with Crippen LogP contribution < -0.4 is 4.74 Å². The van der Waals surface area contributed by atoms with Crippen LogP contribution in [0.1, 0.15) is 11.3 Å². The van der Waals surface area contributed by atoms with Crippen LogP contribution >= 0.6 is 11.6 Å². The number of rotatable bonds is 4. The number of halogens is 1. The van der Waals surface area contributed by atoms with E-state index in [0.29, 0.717) is 34.4 Å². The Labute approximate surface area is 155 Å². The smallest absolute Gasteiger partial charge is 0.181 e. The van der Waals surface area contributed by atoms with Gasteiger partial charge in [0.15, 0.2) is 16.6 Å². The van der Waals surface area contributed by atoms with E-state index in [9.17, 15) is 0 Å². The van der Waals surface area contributed by atoms with Gasteiger partial charge in [-0.1, -0.05) is 29.8 Å². The average Bonchev–Trinajstić information content (AvgIpc) is 3.06. The van der Waals surface area contributed by atoms with Crippen molar-refractivity contribution in [2.75, 3.05) is 7.11 Å². The highest BCUT2D eigenvalue weighted by molar-refractivity contribution is 6.33. The molecule has 0 bridgehead atoms. The third kappa shape index (κ3) is 3.11. The van der Waals surface area contributed by atoms with E-state index in [-0.39, 0.29) is 0 Å². The summed E-state index contributed by atoms with van der Waals surface area (Å²) < 4.78 is 7.15. The van der Waals surface area contributed by atoms with Crippen LogP contribution in [-0.4, -0.2) is 31.6 Å². The average molecular weight is 366 g/mol. The third-order valence-electron chi connectivity index (χ3n) is 4.05. The highest BCUT2D eigenvalue weighted by Crippen LogP contribution is 2.24. The molecule has 0 atom stereocenters. The number of imidazole rings is 1. The second-order valence-corrected chi connectivity index (χ2v) is 6.25. The predicted octanol–water partition coefficient (Wildman–Crippen LogP) is 3.91. The fourth-order valence-corrected chi connectivity index (χ4v) is 2.95. The summed E-state index contributed by atoms with van der Waals surface area (Å²) in [5, 5.41) is 0.321. The molecule has 3 heterocycles. The first-order chi connectivity index (χ1) is 12.6. The van der Waals surface area contributed by atoms with Crippen LogP contribution in [0.5, 0.6) is 5.75 Å². The Balaban J connectivity index is 1.76. The number of hydrogen-bond acceptors (Lipinski definition) is 5. The predicted molar refractivity (Wildman–Crippen MR) is 100 cm³/mol. The van der Waals surface area contributed by atoms with E-state index in [1.165, 1.54) is 0 Å². The summed E-state index contributed by atoms with van der Waals surface area (Å²) >= 11 is 6.34. The van der Waals surface area contributed by atoms with Gasteiger partial charge >= 0.3 is 0 Å². The van der Waals surface area contributed by atoms with Gasteiger partial charge in [0.1, 0.15) is 17.0 Å². The van der Waals surface area contributed by atoms with Gasteiger partial charge in [0, 0.05) is 5.69 Å². The van der Waals surface area contributed by atoms with E-state index in [4.69, 9.17) is 16.3 Å². The molecule has 0 radical (unpaired) electrons. The molecular weight excluding hydrogens is 350 g/mol. The molecule has 7 heteroatoms. The summed E-state index contributed by atoms with van der Waals surface area (Å²) in [6, 6.07) is 13.6. The van der Waals surface area contributed by atoms with Gasteiger partial charge in [-0.25, -0.2) is 19.9 Å². The zero-order valence-electron chi connectivity index (χ0n) is 14.3. The van der Waals surface area contributed by atoms with Crippen LogP contribution in [0.25, 0.3) is 22.7 Å². The Bertz CT molecular complexity index is 1080. The molecule has 0 aliphatic rings. The number of aromatic nitrogens is 5. The number of benzene rings is 1. The summed E-state index contributed by atoms with van der Waals surface area (Å²) in [5.74, 6) is 1.31. The number of ether oxygens (including phenoxy) is 1. The Morgan fingerprint density at radius 1 is 1.04 bits per heavy atom. The normalized spacial score (nSPS) is 11.0. The van der Waals surface area contributed by atoms with Gasteiger partial charge in [-0.05, 0) is 36.8 Å². The molecule has 0 N–H and O–H groups in total. The Morgan fingerprint density at radius 2 is 1.85 bits per heavy atom. The molecule has 26 heavy (non-hydrogen) atoms. The van der Waals surface area contributed by atoms with Crippen molar-refractivity contribution in [3.63, 3.8) is 0 Å². The molecule has 3 aromatic heterocycles. The van der Waals surface area contributed by atoms with Crippen molar-refractivity contribution in [2.24, 2.45) is 0 Å². The van der Waals surface area contributed by atoms with Gasteiger partial charge < -0.3 is 9.30 Å². The largest absolute Gasteiger partial charge is 0.497 e. The lowest BCUT2D eigenvalue weighted by Crippen LogP contribution is -2.02. The number of fused-ring (bicyclic) bond motifs is 1. The lowest BCUT2D eigenvalue weighted by molar-refractivity contribution is 0.414. The van der Waals surface area contributed by atoms with Crippen molar-refractivity contribution in [2.45, 2.75) is 13.5 Å². The minimum absolute atomic E-state index is 0.321. The molecule has 0 unspecified atom stereocenters. The molecular formula is C19H16ClN5O. The van der Waals surface area contributed by atoms with Crippen LogP contribution in [0.15, 0.2) is 48.8 Å². The maximum Gasteiger partial charge on any atom is 0.181 e. The summed E-state index contributed by atoms with van der Waals surface area (Å²) in [6.45, 7) is 2.55. The zero-order valence-corrected chi connectivity index (χ0v) is 15.1. The molecule has 0 spiro atoms. The van der Waals surface area contributed by atoms with Gasteiger partial charge in [0.05, 0.1) is 20.0 Å². The van der Waals surface area contributed by atoms with Crippen molar-refractivity contribution in [1.29, 1.82) is 0 Å². The number of nitrogens with zero attached hydrogens (tertiary/aromatic N) is 5. The first-order valence-electron chi connectivity index (χ1n) is 8.09. The molecule has 0 saturated heterocycles. The third-order valence-corrected chi connectivity index (χ3v) is 4.31. The highest BCUT2D eigenvalue weighted by Gasteiger charge is 2.14. The lowest BCUT2D eigenvalue weighted by atomic mass is 10.2. The first-order valence-corrected chi connectivity index (χ1v) is 8.47. The van der Waals surface area contributed by atoms with E-state index in [0.717, 1.165) is 17.0 Å². The van der Waals surface area contributed by atoms with Crippen molar-refractivity contribution in [1.82, 2.24) is 24.5 Å². The summed E-state index contributed by atoms with van der Waals surface area (Å²) in [4.78, 5) is 17.9. The minimum Gasteiger partial charge on any atom is -0.497 e. The Morgan fingerprint density at radius 3 is 2.58 bits per heavy atom. The Kier molecular flexibility index (Phi) is 4.26. The van der Waals surface area contributed by atoms with Gasteiger partial charge in [-0.15, -0.1) is 0 Å². The van der Waals surface area contributed by atoms with Crippen molar-refractivity contribution < 1.29 is 4.74 Å². The van der Waals surface area contributed by atoms with E-state index in [2.05, 4.69) is 19.9 Å². The standard InChI is InChI=1S/C19H16ClN5O/c1-12-4-3-5-15(22-12)18-23-17(20)16-19(24-18)25(11-21-16)10-13-6-8-14(26-2)9-7-13/h3-9,11H,10H2,1-2H3. The van der Waals surface area contributed by atoms with Crippen molar-refractivity contribution in [3.8, 4) is 17.3 Å². The first kappa shape index (κ1) is 16.5. The summed E-state index contributed by atoms with van der Waals surface area (Å²) in [6.07, 6.45) is 1.73. The van der Waals surface area contributed by atoms with Gasteiger partial charge in [-0.2, -0.15) is 0 Å². The van der Waals surface area contributed by atoms with Gasteiger partial charge in [0.25, 0.3) is 0 Å². The molecule has 0 amide bonds. The highest BCUT2D eigenvalue weighted by atomic mass is 35.5. The fourth-order valence-electron chi connectivity index (χ4n) is 2.74. The number of hydrogen-bond donors (Lipinski definition) is 0. The quantitative estimate of drug-likeness (QED) is 0.513. The molecule has 0 aliphatic carbocycles. The van der Waals surface area contributed by atoms with Crippen LogP contribution in [-0.2, 0) is 6.54 Å². The minimum atomic E-state index is 0.321. The van der Waals surface area contributed by atoms with E-state index in [1.54, 1.807) is 13.4 Å². The molecule has 130 valence electrons. The molecule has 0 aliphatic heterocycles.